The number of phenolic OH excluding ortho intramolecular Hbond substituents is 1. The van der Waals surface area contributed by atoms with E-state index in [0.717, 1.165) is 0 Å². The molecule has 0 aliphatic heterocycles. The number of pyridine rings is 1. The van der Waals surface area contributed by atoms with E-state index in [9.17, 15) is 5.11 Å². The SMILES string of the molecule is COc1ccc(O)c(C=NNc2nc(Cl)c(C#N)c(Cl)c2Cl)c1. The van der Waals surface area contributed by atoms with Crippen LogP contribution in [0.3, 0.4) is 0 Å². The maximum absolute atomic E-state index is 9.74. The molecule has 23 heavy (non-hydrogen) atoms. The minimum atomic E-state index is -0.0937. The number of aromatic nitrogens is 1. The number of nitriles is 1. The van der Waals surface area contributed by atoms with Crippen LogP contribution in [0.25, 0.3) is 0 Å². The van der Waals surface area contributed by atoms with E-state index < -0.39 is 0 Å². The maximum Gasteiger partial charge on any atom is 0.168 e. The van der Waals surface area contributed by atoms with Crippen LogP contribution in [0.15, 0.2) is 23.3 Å². The Hall–Kier alpha value is -2.20. The summed E-state index contributed by atoms with van der Waals surface area (Å²) in [5.41, 5.74) is 2.96. The predicted molar refractivity (Wildman–Crippen MR) is 89.9 cm³/mol. The Morgan fingerprint density at radius 1 is 1.35 bits per heavy atom. The van der Waals surface area contributed by atoms with Crippen LogP contribution in [0.1, 0.15) is 11.1 Å². The zero-order valence-electron chi connectivity index (χ0n) is 11.6. The minimum Gasteiger partial charge on any atom is -0.507 e. The largest absolute Gasteiger partial charge is 0.507 e. The van der Waals surface area contributed by atoms with E-state index in [1.807, 2.05) is 6.07 Å². The molecule has 2 rings (SSSR count). The number of halogens is 3. The van der Waals surface area contributed by atoms with Gasteiger partial charge in [-0.1, -0.05) is 34.8 Å². The van der Waals surface area contributed by atoms with Crippen LogP contribution >= 0.6 is 34.8 Å². The van der Waals surface area contributed by atoms with Crippen LogP contribution in [-0.2, 0) is 0 Å². The Kier molecular flexibility index (Phi) is 5.50. The lowest BCUT2D eigenvalue weighted by Crippen LogP contribution is -1.98. The number of phenols is 1. The Labute approximate surface area is 146 Å². The third-order valence-corrected chi connectivity index (χ3v) is 3.87. The molecule has 2 N–H and O–H groups in total. The van der Waals surface area contributed by atoms with Crippen molar-refractivity contribution >= 4 is 46.8 Å². The molecule has 0 fully saturated rings. The highest BCUT2D eigenvalue weighted by Gasteiger charge is 2.15. The molecule has 1 aromatic carbocycles. The van der Waals surface area contributed by atoms with Crippen LogP contribution in [-0.4, -0.2) is 23.4 Å². The minimum absolute atomic E-state index is 0.0135. The van der Waals surface area contributed by atoms with Crippen LogP contribution in [0.4, 0.5) is 5.82 Å². The number of aromatic hydroxyl groups is 1. The molecule has 0 unspecified atom stereocenters. The third-order valence-electron chi connectivity index (χ3n) is 2.76. The standard InChI is InChI=1S/C14H9Cl3N4O2/c1-23-8-2-3-10(22)7(4-8)6-19-21-14-12(16)11(15)9(5-18)13(17)20-14/h2-4,6,22H,1H3,(H,20,21). The molecule has 0 atom stereocenters. The van der Waals surface area contributed by atoms with Gasteiger partial charge in [0.25, 0.3) is 0 Å². The third kappa shape index (κ3) is 3.77. The Bertz CT molecular complexity index is 819. The number of hydrogen-bond donors (Lipinski definition) is 2. The normalized spacial score (nSPS) is 10.6. The smallest absolute Gasteiger partial charge is 0.168 e. The number of benzene rings is 1. The van der Waals surface area contributed by atoms with Crippen molar-refractivity contribution in [2.75, 3.05) is 12.5 Å². The first kappa shape index (κ1) is 17.2. The molecule has 6 nitrogen and oxygen atoms in total. The summed E-state index contributed by atoms with van der Waals surface area (Å²) >= 11 is 17.8. The van der Waals surface area contributed by atoms with Crippen LogP contribution in [0.2, 0.25) is 15.2 Å². The van der Waals surface area contributed by atoms with Gasteiger partial charge in [-0.2, -0.15) is 10.4 Å². The predicted octanol–water partition coefficient (Wildman–Crippen LogP) is 4.07. The van der Waals surface area contributed by atoms with Crippen molar-refractivity contribution in [3.63, 3.8) is 0 Å². The molecular weight excluding hydrogens is 363 g/mol. The van der Waals surface area contributed by atoms with Crippen molar-refractivity contribution in [3.8, 4) is 17.6 Å². The maximum atomic E-state index is 9.74. The fraction of sp³-hybridized carbons (Fsp3) is 0.0714. The number of rotatable bonds is 4. The molecule has 1 heterocycles. The van der Waals surface area contributed by atoms with Crippen LogP contribution < -0.4 is 10.2 Å². The molecule has 2 aromatic rings. The van der Waals surface area contributed by atoms with Crippen molar-refractivity contribution < 1.29 is 9.84 Å². The lowest BCUT2D eigenvalue weighted by atomic mass is 10.2. The summed E-state index contributed by atoms with van der Waals surface area (Å²) < 4.78 is 5.06. The van der Waals surface area contributed by atoms with Gasteiger partial charge in [0, 0.05) is 5.56 Å². The molecule has 0 aliphatic carbocycles. The summed E-state index contributed by atoms with van der Waals surface area (Å²) in [6.07, 6.45) is 1.34. The summed E-state index contributed by atoms with van der Waals surface area (Å²) in [5.74, 6) is 0.662. The molecule has 118 valence electrons. The van der Waals surface area contributed by atoms with Crippen LogP contribution in [0, 0.1) is 11.3 Å². The number of hydrazone groups is 1. The Balaban J connectivity index is 2.27. The van der Waals surface area contributed by atoms with Gasteiger partial charge in [0.2, 0.25) is 0 Å². The van der Waals surface area contributed by atoms with Gasteiger partial charge in [-0.25, -0.2) is 4.98 Å². The van der Waals surface area contributed by atoms with Crippen molar-refractivity contribution in [2.24, 2.45) is 5.10 Å². The summed E-state index contributed by atoms with van der Waals surface area (Å²) in [7, 11) is 1.51. The molecule has 0 saturated heterocycles. The summed E-state index contributed by atoms with van der Waals surface area (Å²) in [4.78, 5) is 3.91. The lowest BCUT2D eigenvalue weighted by Gasteiger charge is -2.07. The first-order valence-corrected chi connectivity index (χ1v) is 7.22. The van der Waals surface area contributed by atoms with E-state index in [0.29, 0.717) is 11.3 Å². The average Bonchev–Trinajstić information content (AvgIpc) is 2.54. The highest BCUT2D eigenvalue weighted by Crippen LogP contribution is 2.34. The second kappa shape index (κ2) is 7.38. The van der Waals surface area contributed by atoms with E-state index in [2.05, 4.69) is 15.5 Å². The van der Waals surface area contributed by atoms with Crippen LogP contribution in [0.5, 0.6) is 11.5 Å². The van der Waals surface area contributed by atoms with Gasteiger partial charge < -0.3 is 9.84 Å². The fourth-order valence-corrected chi connectivity index (χ4v) is 2.27. The number of anilines is 1. The molecule has 0 aliphatic rings. The van der Waals surface area contributed by atoms with E-state index in [4.69, 9.17) is 44.8 Å². The number of nitrogens with zero attached hydrogens (tertiary/aromatic N) is 3. The average molecular weight is 372 g/mol. The van der Waals surface area contributed by atoms with E-state index in [-0.39, 0.29) is 32.3 Å². The second-order valence-electron chi connectivity index (χ2n) is 4.16. The molecule has 0 radical (unpaired) electrons. The molecule has 1 aromatic heterocycles. The van der Waals surface area contributed by atoms with Gasteiger partial charge in [-0.05, 0) is 18.2 Å². The second-order valence-corrected chi connectivity index (χ2v) is 5.27. The highest BCUT2D eigenvalue weighted by molar-refractivity contribution is 6.45. The van der Waals surface area contributed by atoms with Crippen molar-refractivity contribution in [2.45, 2.75) is 0 Å². The quantitative estimate of drug-likeness (QED) is 0.480. The molecule has 0 bridgehead atoms. The molecule has 0 spiro atoms. The van der Waals surface area contributed by atoms with Crippen molar-refractivity contribution in [1.82, 2.24) is 4.98 Å². The first-order chi connectivity index (χ1) is 11.0. The van der Waals surface area contributed by atoms with Crippen molar-refractivity contribution in [1.29, 1.82) is 5.26 Å². The van der Waals surface area contributed by atoms with E-state index in [1.165, 1.54) is 19.4 Å². The first-order valence-electron chi connectivity index (χ1n) is 6.08. The number of methoxy groups -OCH3 is 1. The van der Waals surface area contributed by atoms with E-state index in [1.54, 1.807) is 12.1 Å². The number of hydrogen-bond acceptors (Lipinski definition) is 6. The summed E-state index contributed by atoms with van der Waals surface area (Å²) in [6.45, 7) is 0. The van der Waals surface area contributed by atoms with Gasteiger partial charge in [-0.3, -0.25) is 5.43 Å². The zero-order chi connectivity index (χ0) is 17.0. The Morgan fingerprint density at radius 2 is 2.09 bits per heavy atom. The van der Waals surface area contributed by atoms with Crippen molar-refractivity contribution in [3.05, 3.63) is 44.5 Å². The zero-order valence-corrected chi connectivity index (χ0v) is 13.9. The van der Waals surface area contributed by atoms with Gasteiger partial charge in [0.1, 0.15) is 28.2 Å². The molecular formula is C14H9Cl3N4O2. The molecule has 9 heteroatoms. The van der Waals surface area contributed by atoms with Gasteiger partial charge in [-0.15, -0.1) is 0 Å². The highest BCUT2D eigenvalue weighted by atomic mass is 35.5. The summed E-state index contributed by atoms with van der Waals surface area (Å²) in [6, 6.07) is 6.48. The number of nitrogens with one attached hydrogen (secondary N) is 1. The number of ether oxygens (including phenoxy) is 1. The lowest BCUT2D eigenvalue weighted by molar-refractivity contribution is 0.412. The van der Waals surface area contributed by atoms with E-state index >= 15 is 0 Å². The fourth-order valence-electron chi connectivity index (χ4n) is 1.60. The van der Waals surface area contributed by atoms with Gasteiger partial charge in [0.05, 0.1) is 18.3 Å². The summed E-state index contributed by atoms with van der Waals surface area (Å²) in [5, 5.41) is 22.5. The monoisotopic (exact) mass is 370 g/mol. The van der Waals surface area contributed by atoms with Gasteiger partial charge >= 0.3 is 0 Å². The molecule has 0 saturated carbocycles. The Morgan fingerprint density at radius 3 is 2.74 bits per heavy atom. The topological polar surface area (TPSA) is 90.5 Å². The molecule has 0 amide bonds. The van der Waals surface area contributed by atoms with Gasteiger partial charge in [0.15, 0.2) is 11.0 Å².